The third-order valence-corrected chi connectivity index (χ3v) is 5.58. The minimum atomic E-state index is -1.09. The van der Waals surface area contributed by atoms with E-state index in [0.29, 0.717) is 15.6 Å². The lowest BCUT2D eigenvalue weighted by molar-refractivity contribution is -0.158. The molecule has 0 fully saturated rings. The van der Waals surface area contributed by atoms with Crippen LogP contribution in [0.4, 0.5) is 15.3 Å². The Labute approximate surface area is 265 Å². The van der Waals surface area contributed by atoms with Gasteiger partial charge in [0.1, 0.15) is 11.6 Å². The molecule has 0 aromatic heterocycles. The molecule has 238 valence electrons. The van der Waals surface area contributed by atoms with Gasteiger partial charge in [-0.2, -0.15) is 0 Å². The molecule has 1 unspecified atom stereocenters. The summed E-state index contributed by atoms with van der Waals surface area (Å²) in [6, 6.07) is 9.52. The van der Waals surface area contributed by atoms with Crippen molar-refractivity contribution in [3.63, 3.8) is 0 Å². The van der Waals surface area contributed by atoms with Crippen LogP contribution in [0.15, 0.2) is 47.5 Å². The molecule has 0 aliphatic rings. The summed E-state index contributed by atoms with van der Waals surface area (Å²) in [5.41, 5.74) is 0.0683. The monoisotopic (exact) mass is 651 g/mol. The zero-order valence-electron chi connectivity index (χ0n) is 24.9. The van der Waals surface area contributed by atoms with Crippen LogP contribution in [-0.4, -0.2) is 67.3 Å². The maximum Gasteiger partial charge on any atom is 0.413 e. The van der Waals surface area contributed by atoms with Crippen LogP contribution in [0, 0.1) is 0 Å². The van der Waals surface area contributed by atoms with Gasteiger partial charge in [0, 0.05) is 22.0 Å². The fourth-order valence-electron chi connectivity index (χ4n) is 3.50. The average Bonchev–Trinajstić information content (AvgIpc) is 2.90. The van der Waals surface area contributed by atoms with Crippen LogP contribution in [0.25, 0.3) is 0 Å². The summed E-state index contributed by atoms with van der Waals surface area (Å²) in [4.78, 5) is 66.4. The highest BCUT2D eigenvalue weighted by molar-refractivity contribution is 6.34. The first kappa shape index (κ1) is 35.8. The Balaban J connectivity index is 2.14. The number of halogens is 2. The molecule has 44 heavy (non-hydrogen) atoms. The predicted molar refractivity (Wildman–Crippen MR) is 164 cm³/mol. The van der Waals surface area contributed by atoms with E-state index in [1.807, 2.05) is 0 Å². The van der Waals surface area contributed by atoms with Crippen molar-refractivity contribution in [3.05, 3.63) is 63.6 Å². The SMILES string of the molecule is CCOC(=O)NC(=Nc1cccc(C(=O)NCC(=O)NC(Cc2cc(Cl)cc(Cl)c2)C(=O)OC(C)(C)C)c1)NC(=O)OCC. The quantitative estimate of drug-likeness (QED) is 0.127. The van der Waals surface area contributed by atoms with Crippen LogP contribution in [0.1, 0.15) is 50.5 Å². The van der Waals surface area contributed by atoms with Crippen LogP contribution in [-0.2, 0) is 30.2 Å². The predicted octanol–water partition coefficient (Wildman–Crippen LogP) is 4.27. The highest BCUT2D eigenvalue weighted by atomic mass is 35.5. The lowest BCUT2D eigenvalue weighted by atomic mass is 10.1. The third kappa shape index (κ3) is 13.3. The van der Waals surface area contributed by atoms with Crippen molar-refractivity contribution in [2.45, 2.75) is 52.7 Å². The minimum Gasteiger partial charge on any atom is -0.458 e. The molecule has 0 saturated carbocycles. The molecule has 0 heterocycles. The standard InChI is InChI=1S/C29H35Cl2N5O8/c1-6-42-27(40)35-26(36-28(41)43-7-2)33-21-10-8-9-18(14-21)24(38)32-16-23(37)34-22(25(39)44-29(3,4)5)13-17-11-19(30)15-20(31)12-17/h8-12,14-15,22H,6-7,13,16H2,1-5H3,(H,32,38)(H,34,37)(H2,33,35,36,40,41). The molecule has 0 aliphatic heterocycles. The van der Waals surface area contributed by atoms with E-state index in [4.69, 9.17) is 37.4 Å². The van der Waals surface area contributed by atoms with Gasteiger partial charge in [-0.3, -0.25) is 20.2 Å². The van der Waals surface area contributed by atoms with E-state index < -0.39 is 48.2 Å². The highest BCUT2D eigenvalue weighted by Gasteiger charge is 2.27. The van der Waals surface area contributed by atoms with Crippen molar-refractivity contribution < 1.29 is 38.2 Å². The molecule has 0 radical (unpaired) electrons. The molecule has 0 spiro atoms. The smallest absolute Gasteiger partial charge is 0.413 e. The number of ether oxygens (including phenoxy) is 3. The number of amides is 4. The van der Waals surface area contributed by atoms with E-state index in [0.717, 1.165) is 0 Å². The molecule has 2 rings (SSSR count). The molecule has 15 heteroatoms. The van der Waals surface area contributed by atoms with Crippen molar-refractivity contribution in [1.29, 1.82) is 0 Å². The Morgan fingerprint density at radius 1 is 0.886 bits per heavy atom. The van der Waals surface area contributed by atoms with Gasteiger partial charge < -0.3 is 24.8 Å². The van der Waals surface area contributed by atoms with Gasteiger partial charge in [0.2, 0.25) is 11.9 Å². The summed E-state index contributed by atoms with van der Waals surface area (Å²) in [5.74, 6) is -2.27. The van der Waals surface area contributed by atoms with Crippen LogP contribution in [0.2, 0.25) is 10.0 Å². The summed E-state index contributed by atoms with van der Waals surface area (Å²) in [6.07, 6.45) is -1.70. The number of esters is 1. The van der Waals surface area contributed by atoms with E-state index >= 15 is 0 Å². The summed E-state index contributed by atoms with van der Waals surface area (Å²) in [6.45, 7) is 7.98. The Hall–Kier alpha value is -4.36. The second kappa shape index (κ2) is 17.1. The number of alkyl carbamates (subject to hydrolysis) is 2. The Morgan fingerprint density at radius 2 is 1.48 bits per heavy atom. The number of nitrogens with one attached hydrogen (secondary N) is 4. The molecule has 2 aromatic carbocycles. The van der Waals surface area contributed by atoms with Gasteiger partial charge in [0.05, 0.1) is 25.4 Å². The fraction of sp³-hybridized carbons (Fsp3) is 0.379. The zero-order chi connectivity index (χ0) is 32.9. The van der Waals surface area contributed by atoms with Crippen molar-refractivity contribution in [1.82, 2.24) is 21.3 Å². The van der Waals surface area contributed by atoms with Crippen molar-refractivity contribution in [3.8, 4) is 0 Å². The van der Waals surface area contributed by atoms with E-state index in [-0.39, 0.29) is 36.8 Å². The van der Waals surface area contributed by atoms with E-state index in [2.05, 4.69) is 26.3 Å². The highest BCUT2D eigenvalue weighted by Crippen LogP contribution is 2.21. The number of carbonyl (C=O) groups is 5. The minimum absolute atomic E-state index is 0.0386. The van der Waals surface area contributed by atoms with Crippen LogP contribution < -0.4 is 21.3 Å². The normalized spacial score (nSPS) is 11.3. The maximum absolute atomic E-state index is 12.9. The number of guanidine groups is 1. The number of rotatable bonds is 10. The van der Waals surface area contributed by atoms with E-state index in [1.54, 1.807) is 46.8 Å². The fourth-order valence-corrected chi connectivity index (χ4v) is 4.07. The van der Waals surface area contributed by atoms with E-state index in [1.165, 1.54) is 30.3 Å². The number of hydrogen-bond acceptors (Lipinski definition) is 9. The van der Waals surface area contributed by atoms with Gasteiger partial charge in [-0.15, -0.1) is 0 Å². The topological polar surface area (TPSA) is 174 Å². The Morgan fingerprint density at radius 3 is 2.02 bits per heavy atom. The summed E-state index contributed by atoms with van der Waals surface area (Å²) in [5, 5.41) is 10.4. The van der Waals surface area contributed by atoms with E-state index in [9.17, 15) is 24.0 Å². The lowest BCUT2D eigenvalue weighted by Gasteiger charge is -2.25. The summed E-state index contributed by atoms with van der Waals surface area (Å²) < 4.78 is 15.1. The first-order valence-corrected chi connectivity index (χ1v) is 14.3. The number of aliphatic imine (C=N–C) groups is 1. The maximum atomic E-state index is 12.9. The largest absolute Gasteiger partial charge is 0.458 e. The molecule has 1 atom stereocenters. The van der Waals surface area contributed by atoms with Gasteiger partial charge in [0.25, 0.3) is 5.91 Å². The first-order chi connectivity index (χ1) is 20.7. The zero-order valence-corrected chi connectivity index (χ0v) is 26.4. The lowest BCUT2D eigenvalue weighted by Crippen LogP contribution is -2.48. The molecular weight excluding hydrogens is 617 g/mol. The number of hydrogen-bond donors (Lipinski definition) is 4. The van der Waals surface area contributed by atoms with Crippen molar-refractivity contribution in [2.24, 2.45) is 4.99 Å². The molecule has 0 bridgehead atoms. The molecule has 2 aromatic rings. The Bertz CT molecular complexity index is 1350. The third-order valence-electron chi connectivity index (χ3n) is 5.14. The second-order valence-corrected chi connectivity index (χ2v) is 10.9. The van der Waals surface area contributed by atoms with Gasteiger partial charge in [0.15, 0.2) is 0 Å². The molecule has 4 amide bonds. The van der Waals surface area contributed by atoms with Gasteiger partial charge >= 0.3 is 18.2 Å². The average molecular weight is 653 g/mol. The van der Waals surface area contributed by atoms with Crippen LogP contribution in [0.3, 0.4) is 0 Å². The first-order valence-electron chi connectivity index (χ1n) is 13.5. The van der Waals surface area contributed by atoms with Gasteiger partial charge in [-0.25, -0.2) is 19.4 Å². The van der Waals surface area contributed by atoms with Gasteiger partial charge in [-0.05, 0) is 76.6 Å². The molecule has 4 N–H and O–H groups in total. The Kier molecular flexibility index (Phi) is 13.9. The number of carbonyl (C=O) groups excluding carboxylic acids is 5. The second-order valence-electron chi connectivity index (χ2n) is 10.0. The summed E-state index contributed by atoms with van der Waals surface area (Å²) >= 11 is 12.2. The number of nitrogens with zero attached hydrogens (tertiary/aromatic N) is 1. The molecular formula is C29H35Cl2N5O8. The van der Waals surface area contributed by atoms with Crippen molar-refractivity contribution in [2.75, 3.05) is 19.8 Å². The van der Waals surface area contributed by atoms with Crippen LogP contribution in [0.5, 0.6) is 0 Å². The van der Waals surface area contributed by atoms with Crippen LogP contribution >= 0.6 is 23.2 Å². The number of benzene rings is 2. The molecule has 0 saturated heterocycles. The van der Waals surface area contributed by atoms with Gasteiger partial charge in [-0.1, -0.05) is 29.3 Å². The molecule has 13 nitrogen and oxygen atoms in total. The summed E-state index contributed by atoms with van der Waals surface area (Å²) in [7, 11) is 0. The molecule has 0 aliphatic carbocycles. The van der Waals surface area contributed by atoms with Crippen molar-refractivity contribution >= 4 is 64.8 Å².